The van der Waals surface area contributed by atoms with E-state index in [0.717, 1.165) is 44.2 Å². The Labute approximate surface area is 208 Å². The molecule has 3 aromatic rings. The van der Waals surface area contributed by atoms with Crippen molar-refractivity contribution in [1.29, 1.82) is 0 Å². The van der Waals surface area contributed by atoms with Crippen LogP contribution in [0.5, 0.6) is 0 Å². The van der Waals surface area contributed by atoms with Crippen LogP contribution in [0.15, 0.2) is 36.5 Å². The van der Waals surface area contributed by atoms with Crippen molar-refractivity contribution in [3.05, 3.63) is 47.8 Å². The molecular weight excluding hydrogens is 438 g/mol. The number of anilines is 1. The highest BCUT2D eigenvalue weighted by Gasteiger charge is 2.25. The SMILES string of the molecule is COCCC(C)Nc1ncc2c(-c3ccc(CN4CCCC4)cc3)cc([C@H]3CC[C@H](O)CC3)n2n1. The second kappa shape index (κ2) is 11.1. The van der Waals surface area contributed by atoms with E-state index in [1.165, 1.54) is 48.3 Å². The molecule has 2 aromatic heterocycles. The van der Waals surface area contributed by atoms with E-state index in [4.69, 9.17) is 9.84 Å². The zero-order valence-corrected chi connectivity index (χ0v) is 21.1. The van der Waals surface area contributed by atoms with Crippen LogP contribution in [0.1, 0.15) is 69.0 Å². The average molecular weight is 478 g/mol. The van der Waals surface area contributed by atoms with E-state index in [1.807, 2.05) is 6.20 Å². The maximum absolute atomic E-state index is 10.1. The minimum atomic E-state index is -0.173. The zero-order chi connectivity index (χ0) is 24.2. The number of hydrogen-bond acceptors (Lipinski definition) is 6. The number of aliphatic hydroxyl groups is 1. The predicted molar refractivity (Wildman–Crippen MR) is 140 cm³/mol. The van der Waals surface area contributed by atoms with E-state index < -0.39 is 0 Å². The first-order valence-electron chi connectivity index (χ1n) is 13.2. The summed E-state index contributed by atoms with van der Waals surface area (Å²) in [5.74, 6) is 1.03. The third kappa shape index (κ3) is 5.68. The van der Waals surface area contributed by atoms with Crippen molar-refractivity contribution in [1.82, 2.24) is 19.5 Å². The molecule has 1 aliphatic carbocycles. The van der Waals surface area contributed by atoms with Gasteiger partial charge in [0.2, 0.25) is 5.95 Å². The van der Waals surface area contributed by atoms with Crippen LogP contribution in [0.4, 0.5) is 5.95 Å². The van der Waals surface area contributed by atoms with Crippen molar-refractivity contribution in [3.63, 3.8) is 0 Å². The highest BCUT2D eigenvalue weighted by atomic mass is 16.5. The zero-order valence-electron chi connectivity index (χ0n) is 21.1. The van der Waals surface area contributed by atoms with Crippen LogP contribution in [0.25, 0.3) is 16.6 Å². The molecule has 1 unspecified atom stereocenters. The molecule has 2 aliphatic rings. The Morgan fingerprint density at radius 1 is 1.11 bits per heavy atom. The molecule has 3 heterocycles. The summed E-state index contributed by atoms with van der Waals surface area (Å²) in [6.45, 7) is 6.28. The molecular formula is C28H39N5O2. The summed E-state index contributed by atoms with van der Waals surface area (Å²) in [6.07, 6.45) is 8.98. The van der Waals surface area contributed by atoms with Crippen LogP contribution in [0, 0.1) is 0 Å². The van der Waals surface area contributed by atoms with Crippen LogP contribution in [-0.2, 0) is 11.3 Å². The Bertz CT molecular complexity index is 1100. The van der Waals surface area contributed by atoms with Gasteiger partial charge in [-0.25, -0.2) is 9.50 Å². The molecule has 5 rings (SSSR count). The van der Waals surface area contributed by atoms with Crippen LogP contribution in [0.3, 0.4) is 0 Å². The van der Waals surface area contributed by atoms with Gasteiger partial charge in [-0.2, -0.15) is 0 Å². The molecule has 2 N–H and O–H groups in total. The lowest BCUT2D eigenvalue weighted by Crippen LogP contribution is -2.21. The van der Waals surface area contributed by atoms with E-state index in [2.05, 4.69) is 57.0 Å². The van der Waals surface area contributed by atoms with Gasteiger partial charge < -0.3 is 15.2 Å². The number of hydrogen-bond donors (Lipinski definition) is 2. The van der Waals surface area contributed by atoms with E-state index in [0.29, 0.717) is 18.5 Å². The van der Waals surface area contributed by atoms with Crippen LogP contribution in [-0.4, -0.2) is 63.6 Å². The number of aliphatic hydroxyl groups excluding tert-OH is 1. The number of likely N-dealkylation sites (tertiary alicyclic amines) is 1. The second-order valence-corrected chi connectivity index (χ2v) is 10.4. The molecule has 7 nitrogen and oxygen atoms in total. The second-order valence-electron chi connectivity index (χ2n) is 10.4. The van der Waals surface area contributed by atoms with Crippen molar-refractivity contribution >= 4 is 11.5 Å². The standard InChI is InChI=1S/C28H39N5O2/c1-20(13-16-35-2)30-28-29-18-27-25(17-26(33(27)31-28)23-9-11-24(34)12-10-23)22-7-5-21(6-8-22)19-32-14-3-4-15-32/h5-8,17-18,20,23-24,34H,3-4,9-16,19H2,1-2H3,(H,30,31)/t20?,23-,24-. The third-order valence-electron chi connectivity index (χ3n) is 7.66. The first-order valence-corrected chi connectivity index (χ1v) is 13.2. The molecule has 0 spiro atoms. The van der Waals surface area contributed by atoms with Gasteiger partial charge in [-0.15, -0.1) is 5.10 Å². The van der Waals surface area contributed by atoms with Crippen molar-refractivity contribution < 1.29 is 9.84 Å². The average Bonchev–Trinajstić information content (AvgIpc) is 3.52. The number of nitrogens with zero attached hydrogens (tertiary/aromatic N) is 4. The molecule has 1 aliphatic heterocycles. The third-order valence-corrected chi connectivity index (χ3v) is 7.66. The van der Waals surface area contributed by atoms with Crippen LogP contribution >= 0.6 is 0 Å². The molecule has 0 bridgehead atoms. The molecule has 188 valence electrons. The number of nitrogens with one attached hydrogen (secondary N) is 1. The number of methoxy groups -OCH3 is 1. The number of rotatable bonds is 9. The van der Waals surface area contributed by atoms with E-state index in [-0.39, 0.29) is 12.1 Å². The van der Waals surface area contributed by atoms with E-state index in [1.54, 1.807) is 7.11 Å². The Kier molecular flexibility index (Phi) is 7.66. The summed E-state index contributed by atoms with van der Waals surface area (Å²) in [6, 6.07) is 11.5. The molecule has 35 heavy (non-hydrogen) atoms. The van der Waals surface area contributed by atoms with Gasteiger partial charge in [0.15, 0.2) is 0 Å². The monoisotopic (exact) mass is 477 g/mol. The minimum absolute atomic E-state index is 0.173. The molecule has 0 amide bonds. The van der Waals surface area contributed by atoms with Gasteiger partial charge >= 0.3 is 0 Å². The van der Waals surface area contributed by atoms with Crippen molar-refractivity contribution in [3.8, 4) is 11.1 Å². The summed E-state index contributed by atoms with van der Waals surface area (Å²) in [5.41, 5.74) is 6.00. The lowest BCUT2D eigenvalue weighted by molar-refractivity contribution is 0.121. The Balaban J connectivity index is 1.45. The van der Waals surface area contributed by atoms with Gasteiger partial charge in [0.1, 0.15) is 0 Å². The topological polar surface area (TPSA) is 74.9 Å². The van der Waals surface area contributed by atoms with Crippen LogP contribution in [0.2, 0.25) is 0 Å². The van der Waals surface area contributed by atoms with Gasteiger partial charge in [-0.05, 0) is 82.2 Å². The predicted octanol–water partition coefficient (Wildman–Crippen LogP) is 4.85. The fraction of sp³-hybridized carbons (Fsp3) is 0.571. The largest absolute Gasteiger partial charge is 0.393 e. The molecule has 2 fully saturated rings. The van der Waals surface area contributed by atoms with E-state index in [9.17, 15) is 5.11 Å². The fourth-order valence-corrected chi connectivity index (χ4v) is 5.55. The maximum atomic E-state index is 10.1. The van der Waals surface area contributed by atoms with Crippen molar-refractivity contribution in [2.45, 2.75) is 76.5 Å². The normalized spacial score (nSPS) is 22.0. The highest BCUT2D eigenvalue weighted by Crippen LogP contribution is 2.37. The van der Waals surface area contributed by atoms with Gasteiger partial charge in [0, 0.05) is 43.5 Å². The molecule has 1 saturated heterocycles. The molecule has 1 aromatic carbocycles. The Hall–Kier alpha value is -2.48. The van der Waals surface area contributed by atoms with Crippen molar-refractivity contribution in [2.24, 2.45) is 0 Å². The van der Waals surface area contributed by atoms with E-state index >= 15 is 0 Å². The summed E-state index contributed by atoms with van der Waals surface area (Å²) < 4.78 is 7.31. The molecule has 1 atom stereocenters. The quantitative estimate of drug-likeness (QED) is 0.459. The summed E-state index contributed by atoms with van der Waals surface area (Å²) in [4.78, 5) is 7.20. The highest BCUT2D eigenvalue weighted by molar-refractivity contribution is 5.81. The lowest BCUT2D eigenvalue weighted by Gasteiger charge is -2.25. The minimum Gasteiger partial charge on any atom is -0.393 e. The lowest BCUT2D eigenvalue weighted by atomic mass is 9.85. The number of fused-ring (bicyclic) bond motifs is 1. The van der Waals surface area contributed by atoms with Gasteiger partial charge in [-0.1, -0.05) is 24.3 Å². The summed E-state index contributed by atoms with van der Waals surface area (Å²) in [7, 11) is 1.73. The maximum Gasteiger partial charge on any atom is 0.241 e. The molecule has 0 radical (unpaired) electrons. The fourth-order valence-electron chi connectivity index (χ4n) is 5.55. The van der Waals surface area contributed by atoms with Gasteiger partial charge in [0.05, 0.1) is 17.8 Å². The first kappa shape index (κ1) is 24.2. The summed E-state index contributed by atoms with van der Waals surface area (Å²) in [5, 5.41) is 18.4. The number of benzene rings is 1. The van der Waals surface area contributed by atoms with Gasteiger partial charge in [-0.3, -0.25) is 4.90 Å². The Morgan fingerprint density at radius 2 is 1.86 bits per heavy atom. The first-order chi connectivity index (χ1) is 17.1. The number of aromatic nitrogens is 3. The number of ether oxygens (including phenoxy) is 1. The smallest absolute Gasteiger partial charge is 0.241 e. The molecule has 1 saturated carbocycles. The summed E-state index contributed by atoms with van der Waals surface area (Å²) >= 11 is 0. The van der Waals surface area contributed by atoms with Crippen LogP contribution < -0.4 is 5.32 Å². The molecule has 7 heteroatoms. The van der Waals surface area contributed by atoms with Crippen molar-refractivity contribution in [2.75, 3.05) is 32.1 Å². The van der Waals surface area contributed by atoms with Gasteiger partial charge in [0.25, 0.3) is 0 Å². The Morgan fingerprint density at radius 3 is 2.57 bits per heavy atom.